The molecule has 0 unspecified atom stereocenters. The molecule has 0 radical (unpaired) electrons. The SMILES string of the molecule is CN(C)CCCc1ccc(OCCN2CCN(C)CC2)cc1. The summed E-state index contributed by atoms with van der Waals surface area (Å²) in [6.07, 6.45) is 2.34. The molecular formula is C18H31N3O. The molecule has 22 heavy (non-hydrogen) atoms. The van der Waals surface area contributed by atoms with E-state index in [1.165, 1.54) is 25.1 Å². The summed E-state index contributed by atoms with van der Waals surface area (Å²) in [5, 5.41) is 0. The molecule has 1 aromatic carbocycles. The molecule has 2 rings (SSSR count). The number of aryl methyl sites for hydroxylation is 1. The molecule has 0 atom stereocenters. The molecule has 0 aromatic heterocycles. The van der Waals surface area contributed by atoms with Gasteiger partial charge in [-0.25, -0.2) is 0 Å². The summed E-state index contributed by atoms with van der Waals surface area (Å²) in [4.78, 5) is 7.10. The highest BCUT2D eigenvalue weighted by atomic mass is 16.5. The van der Waals surface area contributed by atoms with E-state index in [0.717, 1.165) is 45.0 Å². The number of hydrogen-bond donors (Lipinski definition) is 0. The van der Waals surface area contributed by atoms with E-state index < -0.39 is 0 Å². The van der Waals surface area contributed by atoms with E-state index in [-0.39, 0.29) is 0 Å². The van der Waals surface area contributed by atoms with Gasteiger partial charge in [0.05, 0.1) is 0 Å². The fourth-order valence-corrected chi connectivity index (χ4v) is 2.72. The molecule has 0 spiro atoms. The Labute approximate surface area is 135 Å². The van der Waals surface area contributed by atoms with Crippen molar-refractivity contribution in [2.75, 3.05) is 67.0 Å². The number of nitrogens with zero attached hydrogens (tertiary/aromatic N) is 3. The summed E-state index contributed by atoms with van der Waals surface area (Å²) in [7, 11) is 6.43. The number of hydrogen-bond acceptors (Lipinski definition) is 4. The number of rotatable bonds is 8. The van der Waals surface area contributed by atoms with Gasteiger partial charge in [-0.05, 0) is 58.2 Å². The number of ether oxygens (including phenoxy) is 1. The molecule has 0 amide bonds. The normalized spacial score (nSPS) is 17.1. The van der Waals surface area contributed by atoms with Crippen molar-refractivity contribution >= 4 is 0 Å². The van der Waals surface area contributed by atoms with Gasteiger partial charge in [0.25, 0.3) is 0 Å². The van der Waals surface area contributed by atoms with Gasteiger partial charge in [-0.2, -0.15) is 0 Å². The Morgan fingerprint density at radius 3 is 2.36 bits per heavy atom. The van der Waals surface area contributed by atoms with Crippen LogP contribution in [0.4, 0.5) is 0 Å². The van der Waals surface area contributed by atoms with E-state index in [1.54, 1.807) is 0 Å². The molecule has 1 fully saturated rings. The molecule has 4 nitrogen and oxygen atoms in total. The first-order valence-electron chi connectivity index (χ1n) is 8.41. The van der Waals surface area contributed by atoms with Crippen LogP contribution in [0.2, 0.25) is 0 Å². The van der Waals surface area contributed by atoms with Crippen molar-refractivity contribution in [2.45, 2.75) is 12.8 Å². The zero-order valence-corrected chi connectivity index (χ0v) is 14.4. The van der Waals surface area contributed by atoms with Crippen LogP contribution >= 0.6 is 0 Å². The molecule has 1 saturated heterocycles. The molecule has 0 saturated carbocycles. The van der Waals surface area contributed by atoms with Gasteiger partial charge in [0.2, 0.25) is 0 Å². The van der Waals surface area contributed by atoms with Crippen molar-refractivity contribution in [3.05, 3.63) is 29.8 Å². The second kappa shape index (κ2) is 9.13. The van der Waals surface area contributed by atoms with Crippen LogP contribution in [0.15, 0.2) is 24.3 Å². The highest BCUT2D eigenvalue weighted by Crippen LogP contribution is 2.13. The lowest BCUT2D eigenvalue weighted by Crippen LogP contribution is -2.45. The minimum Gasteiger partial charge on any atom is -0.492 e. The maximum absolute atomic E-state index is 5.87. The summed E-state index contributed by atoms with van der Waals surface area (Å²) in [6, 6.07) is 8.60. The zero-order chi connectivity index (χ0) is 15.8. The van der Waals surface area contributed by atoms with Crippen molar-refractivity contribution in [3.8, 4) is 5.75 Å². The summed E-state index contributed by atoms with van der Waals surface area (Å²) in [5.74, 6) is 0.991. The van der Waals surface area contributed by atoms with Crippen molar-refractivity contribution < 1.29 is 4.74 Å². The minimum atomic E-state index is 0.781. The Morgan fingerprint density at radius 2 is 1.73 bits per heavy atom. The number of benzene rings is 1. The van der Waals surface area contributed by atoms with Gasteiger partial charge in [0.1, 0.15) is 12.4 Å². The van der Waals surface area contributed by atoms with E-state index in [0.29, 0.717) is 0 Å². The first-order chi connectivity index (χ1) is 10.6. The van der Waals surface area contributed by atoms with Crippen LogP contribution in [0.1, 0.15) is 12.0 Å². The lowest BCUT2D eigenvalue weighted by Gasteiger charge is -2.32. The van der Waals surface area contributed by atoms with Crippen molar-refractivity contribution in [3.63, 3.8) is 0 Å². The lowest BCUT2D eigenvalue weighted by molar-refractivity contribution is 0.133. The van der Waals surface area contributed by atoms with Gasteiger partial charge in [-0.15, -0.1) is 0 Å². The van der Waals surface area contributed by atoms with Gasteiger partial charge in [-0.3, -0.25) is 4.90 Å². The largest absolute Gasteiger partial charge is 0.492 e. The van der Waals surface area contributed by atoms with Crippen LogP contribution in [-0.2, 0) is 6.42 Å². The van der Waals surface area contributed by atoms with E-state index in [2.05, 4.69) is 60.1 Å². The maximum atomic E-state index is 5.87. The van der Waals surface area contributed by atoms with Gasteiger partial charge in [0.15, 0.2) is 0 Å². The first-order valence-corrected chi connectivity index (χ1v) is 8.41. The first kappa shape index (κ1) is 17.3. The van der Waals surface area contributed by atoms with E-state index in [4.69, 9.17) is 4.74 Å². The highest BCUT2D eigenvalue weighted by molar-refractivity contribution is 5.27. The molecule has 1 aliphatic rings. The monoisotopic (exact) mass is 305 g/mol. The van der Waals surface area contributed by atoms with Crippen molar-refractivity contribution in [1.82, 2.24) is 14.7 Å². The topological polar surface area (TPSA) is 19.0 Å². The highest BCUT2D eigenvalue weighted by Gasteiger charge is 2.13. The van der Waals surface area contributed by atoms with Gasteiger partial charge < -0.3 is 14.5 Å². The van der Waals surface area contributed by atoms with Crippen molar-refractivity contribution in [1.29, 1.82) is 0 Å². The molecular weight excluding hydrogens is 274 g/mol. The third-order valence-electron chi connectivity index (χ3n) is 4.27. The molecule has 0 N–H and O–H groups in total. The molecule has 124 valence electrons. The Kier molecular flexibility index (Phi) is 7.16. The van der Waals surface area contributed by atoms with Crippen LogP contribution in [0.3, 0.4) is 0 Å². The number of piperazine rings is 1. The average molecular weight is 305 g/mol. The predicted octanol–water partition coefficient (Wildman–Crippen LogP) is 1.81. The van der Waals surface area contributed by atoms with Crippen LogP contribution < -0.4 is 4.74 Å². The minimum absolute atomic E-state index is 0.781. The third-order valence-corrected chi connectivity index (χ3v) is 4.27. The van der Waals surface area contributed by atoms with E-state index in [9.17, 15) is 0 Å². The second-order valence-electron chi connectivity index (χ2n) is 6.54. The fraction of sp³-hybridized carbons (Fsp3) is 0.667. The Morgan fingerprint density at radius 1 is 1.05 bits per heavy atom. The Balaban J connectivity index is 1.63. The van der Waals surface area contributed by atoms with Gasteiger partial charge >= 0.3 is 0 Å². The number of likely N-dealkylation sites (N-methyl/N-ethyl adjacent to an activating group) is 1. The van der Waals surface area contributed by atoms with E-state index in [1.807, 2.05) is 0 Å². The molecule has 4 heteroatoms. The summed E-state index contributed by atoms with van der Waals surface area (Å²) in [5.41, 5.74) is 1.40. The predicted molar refractivity (Wildman–Crippen MR) is 92.7 cm³/mol. The van der Waals surface area contributed by atoms with E-state index >= 15 is 0 Å². The average Bonchev–Trinajstić information content (AvgIpc) is 2.50. The zero-order valence-electron chi connectivity index (χ0n) is 14.4. The lowest BCUT2D eigenvalue weighted by atomic mass is 10.1. The maximum Gasteiger partial charge on any atom is 0.119 e. The van der Waals surface area contributed by atoms with Crippen LogP contribution in [-0.4, -0.2) is 81.7 Å². The van der Waals surface area contributed by atoms with Crippen LogP contribution in [0, 0.1) is 0 Å². The summed E-state index contributed by atoms with van der Waals surface area (Å²) >= 11 is 0. The molecule has 1 aromatic rings. The standard InChI is InChI=1S/C18H31N3O/c1-19(2)10-4-5-17-6-8-18(9-7-17)22-16-15-21-13-11-20(3)12-14-21/h6-9H,4-5,10-16H2,1-3H3. The Hall–Kier alpha value is -1.10. The second-order valence-corrected chi connectivity index (χ2v) is 6.54. The molecule has 1 aliphatic heterocycles. The van der Waals surface area contributed by atoms with Crippen molar-refractivity contribution in [2.24, 2.45) is 0 Å². The third kappa shape index (κ3) is 6.34. The molecule has 0 aliphatic carbocycles. The Bertz CT molecular complexity index is 411. The van der Waals surface area contributed by atoms with Gasteiger partial charge in [-0.1, -0.05) is 12.1 Å². The summed E-state index contributed by atoms with van der Waals surface area (Å²) in [6.45, 7) is 7.60. The van der Waals surface area contributed by atoms with Crippen LogP contribution in [0.5, 0.6) is 5.75 Å². The van der Waals surface area contributed by atoms with Gasteiger partial charge in [0, 0.05) is 32.7 Å². The summed E-state index contributed by atoms with van der Waals surface area (Å²) < 4.78 is 5.87. The van der Waals surface area contributed by atoms with Crippen LogP contribution in [0.25, 0.3) is 0 Å². The molecule has 1 heterocycles. The smallest absolute Gasteiger partial charge is 0.119 e. The quantitative estimate of drug-likeness (QED) is 0.729. The fourth-order valence-electron chi connectivity index (χ4n) is 2.72. The molecule has 0 bridgehead atoms.